The summed E-state index contributed by atoms with van der Waals surface area (Å²) in [6.07, 6.45) is 0.929. The van der Waals surface area contributed by atoms with E-state index < -0.39 is 5.79 Å². The van der Waals surface area contributed by atoms with E-state index in [1.54, 1.807) is 6.92 Å². The number of hydrogen-bond acceptors (Lipinski definition) is 3. The first-order valence-corrected chi connectivity index (χ1v) is 6.72. The fraction of sp³-hybridized carbons (Fsp3) is 0.412. The normalized spacial score (nSPS) is 13.9. The van der Waals surface area contributed by atoms with E-state index in [1.807, 2.05) is 26.0 Å². The lowest BCUT2D eigenvalue weighted by Gasteiger charge is -2.16. The Labute approximate surface area is 120 Å². The SMILES string of the molecule is CC#CC#CCNCCc1ccc2c(c1)OC(C)(C)O2. The highest BCUT2D eigenvalue weighted by Gasteiger charge is 2.31. The third-order valence-corrected chi connectivity index (χ3v) is 2.80. The predicted octanol–water partition coefficient (Wildman–Crippen LogP) is 2.35. The summed E-state index contributed by atoms with van der Waals surface area (Å²) in [6.45, 7) is 7.13. The summed E-state index contributed by atoms with van der Waals surface area (Å²) >= 11 is 0. The van der Waals surface area contributed by atoms with Gasteiger partial charge in [-0.3, -0.25) is 0 Å². The van der Waals surface area contributed by atoms with E-state index >= 15 is 0 Å². The van der Waals surface area contributed by atoms with Gasteiger partial charge in [0.05, 0.1) is 6.54 Å². The molecule has 0 radical (unpaired) electrons. The molecule has 1 aliphatic rings. The molecule has 0 spiro atoms. The summed E-state index contributed by atoms with van der Waals surface area (Å²) in [5.41, 5.74) is 1.22. The minimum atomic E-state index is -0.560. The van der Waals surface area contributed by atoms with Crippen molar-refractivity contribution in [1.82, 2.24) is 5.32 Å². The number of hydrogen-bond donors (Lipinski definition) is 1. The highest BCUT2D eigenvalue weighted by atomic mass is 16.7. The molecular weight excluding hydrogens is 250 g/mol. The molecule has 20 heavy (non-hydrogen) atoms. The van der Waals surface area contributed by atoms with Crippen molar-refractivity contribution in [2.75, 3.05) is 13.1 Å². The summed E-state index contributed by atoms with van der Waals surface area (Å²) in [4.78, 5) is 0. The second-order valence-electron chi connectivity index (χ2n) is 4.99. The molecule has 104 valence electrons. The Morgan fingerprint density at radius 3 is 2.75 bits per heavy atom. The van der Waals surface area contributed by atoms with Crippen LogP contribution < -0.4 is 14.8 Å². The van der Waals surface area contributed by atoms with Crippen LogP contribution in [0.3, 0.4) is 0 Å². The number of ether oxygens (including phenoxy) is 2. The van der Waals surface area contributed by atoms with Crippen LogP contribution in [-0.4, -0.2) is 18.9 Å². The Kier molecular flexibility index (Phi) is 4.56. The molecule has 0 fully saturated rings. The molecule has 0 saturated carbocycles. The van der Waals surface area contributed by atoms with Crippen LogP contribution in [0.4, 0.5) is 0 Å². The van der Waals surface area contributed by atoms with Crippen LogP contribution in [0.15, 0.2) is 18.2 Å². The maximum Gasteiger partial charge on any atom is 0.246 e. The molecule has 0 saturated heterocycles. The molecule has 3 nitrogen and oxygen atoms in total. The molecule has 1 N–H and O–H groups in total. The van der Waals surface area contributed by atoms with Crippen LogP contribution in [0.5, 0.6) is 11.5 Å². The van der Waals surface area contributed by atoms with E-state index in [0.29, 0.717) is 6.54 Å². The average Bonchev–Trinajstić information content (AvgIpc) is 2.71. The van der Waals surface area contributed by atoms with Crippen molar-refractivity contribution >= 4 is 0 Å². The van der Waals surface area contributed by atoms with Gasteiger partial charge in [0.2, 0.25) is 5.79 Å². The van der Waals surface area contributed by atoms with Crippen LogP contribution >= 0.6 is 0 Å². The zero-order chi connectivity index (χ0) is 14.4. The van der Waals surface area contributed by atoms with Crippen molar-refractivity contribution in [3.63, 3.8) is 0 Å². The van der Waals surface area contributed by atoms with E-state index in [2.05, 4.69) is 35.1 Å². The van der Waals surface area contributed by atoms with Crippen molar-refractivity contribution < 1.29 is 9.47 Å². The van der Waals surface area contributed by atoms with Gasteiger partial charge in [-0.15, -0.1) is 0 Å². The third kappa shape index (κ3) is 3.95. The van der Waals surface area contributed by atoms with Gasteiger partial charge in [0.1, 0.15) is 0 Å². The second kappa shape index (κ2) is 6.37. The maximum atomic E-state index is 5.73. The first-order valence-electron chi connectivity index (χ1n) is 6.72. The zero-order valence-electron chi connectivity index (χ0n) is 12.2. The minimum Gasteiger partial charge on any atom is -0.449 e. The van der Waals surface area contributed by atoms with Gasteiger partial charge < -0.3 is 14.8 Å². The number of benzene rings is 1. The summed E-state index contributed by atoms with van der Waals surface area (Å²) in [5, 5.41) is 3.26. The van der Waals surface area contributed by atoms with Crippen LogP contribution in [0, 0.1) is 23.7 Å². The lowest BCUT2D eigenvalue weighted by molar-refractivity contribution is -0.0431. The smallest absolute Gasteiger partial charge is 0.246 e. The van der Waals surface area contributed by atoms with E-state index in [1.165, 1.54) is 5.56 Å². The molecule has 0 aliphatic carbocycles. The van der Waals surface area contributed by atoms with E-state index in [4.69, 9.17) is 9.47 Å². The average molecular weight is 269 g/mol. The molecule has 1 aliphatic heterocycles. The zero-order valence-corrected chi connectivity index (χ0v) is 12.2. The Morgan fingerprint density at radius 2 is 1.95 bits per heavy atom. The Hall–Kier alpha value is -2.10. The van der Waals surface area contributed by atoms with Crippen molar-refractivity contribution in [1.29, 1.82) is 0 Å². The van der Waals surface area contributed by atoms with Crippen LogP contribution in [-0.2, 0) is 6.42 Å². The van der Waals surface area contributed by atoms with Crippen LogP contribution in [0.2, 0.25) is 0 Å². The van der Waals surface area contributed by atoms with Crippen molar-refractivity contribution in [3.05, 3.63) is 23.8 Å². The molecule has 0 atom stereocenters. The summed E-state index contributed by atoms with van der Waals surface area (Å²) in [5.74, 6) is 12.2. The Bertz CT molecular complexity index is 597. The standard InChI is InChI=1S/C17H19NO2/c1-4-5-6-7-11-18-12-10-14-8-9-15-16(13-14)20-17(2,3)19-15/h8-9,13,18H,10-12H2,1-3H3. The van der Waals surface area contributed by atoms with Crippen LogP contribution in [0.25, 0.3) is 0 Å². The summed E-state index contributed by atoms with van der Waals surface area (Å²) in [6, 6.07) is 6.08. The van der Waals surface area contributed by atoms with Gasteiger partial charge >= 0.3 is 0 Å². The van der Waals surface area contributed by atoms with Gasteiger partial charge in [0.15, 0.2) is 11.5 Å². The monoisotopic (exact) mass is 269 g/mol. The molecule has 1 heterocycles. The van der Waals surface area contributed by atoms with Crippen molar-refractivity contribution in [3.8, 4) is 35.2 Å². The maximum absolute atomic E-state index is 5.73. The van der Waals surface area contributed by atoms with E-state index in [9.17, 15) is 0 Å². The minimum absolute atomic E-state index is 0.560. The molecule has 1 aromatic carbocycles. The fourth-order valence-electron chi connectivity index (χ4n) is 1.96. The second-order valence-corrected chi connectivity index (χ2v) is 4.99. The Morgan fingerprint density at radius 1 is 1.15 bits per heavy atom. The van der Waals surface area contributed by atoms with Gasteiger partial charge in [-0.1, -0.05) is 17.9 Å². The van der Waals surface area contributed by atoms with E-state index in [-0.39, 0.29) is 0 Å². The van der Waals surface area contributed by atoms with Gasteiger partial charge in [0, 0.05) is 20.4 Å². The van der Waals surface area contributed by atoms with E-state index in [0.717, 1.165) is 24.5 Å². The number of fused-ring (bicyclic) bond motifs is 1. The van der Waals surface area contributed by atoms with Crippen LogP contribution in [0.1, 0.15) is 26.3 Å². The van der Waals surface area contributed by atoms with Crippen molar-refractivity contribution in [2.24, 2.45) is 0 Å². The Balaban J connectivity index is 1.81. The van der Waals surface area contributed by atoms with Gasteiger partial charge in [-0.2, -0.15) is 0 Å². The first-order chi connectivity index (χ1) is 9.61. The highest BCUT2D eigenvalue weighted by molar-refractivity contribution is 5.45. The largest absolute Gasteiger partial charge is 0.449 e. The molecule has 3 heteroatoms. The predicted molar refractivity (Wildman–Crippen MR) is 79.6 cm³/mol. The quantitative estimate of drug-likeness (QED) is 0.672. The lowest BCUT2D eigenvalue weighted by atomic mass is 10.1. The number of rotatable bonds is 4. The third-order valence-electron chi connectivity index (χ3n) is 2.80. The molecular formula is C17H19NO2. The molecule has 0 aromatic heterocycles. The molecule has 2 rings (SSSR count). The molecule has 0 amide bonds. The lowest BCUT2D eigenvalue weighted by Crippen LogP contribution is -2.29. The van der Waals surface area contributed by atoms with Gasteiger partial charge in [-0.05, 0) is 42.9 Å². The van der Waals surface area contributed by atoms with Gasteiger partial charge in [-0.25, -0.2) is 0 Å². The highest BCUT2D eigenvalue weighted by Crippen LogP contribution is 2.39. The summed E-state index contributed by atoms with van der Waals surface area (Å²) in [7, 11) is 0. The topological polar surface area (TPSA) is 30.5 Å². The first kappa shape index (κ1) is 14.3. The fourth-order valence-corrected chi connectivity index (χ4v) is 1.96. The summed E-state index contributed by atoms with van der Waals surface area (Å²) < 4.78 is 11.4. The van der Waals surface area contributed by atoms with Gasteiger partial charge in [0.25, 0.3) is 0 Å². The molecule has 0 unspecified atom stereocenters. The number of nitrogens with one attached hydrogen (secondary N) is 1. The van der Waals surface area contributed by atoms with Crippen molar-refractivity contribution in [2.45, 2.75) is 33.0 Å². The molecule has 1 aromatic rings. The molecule has 0 bridgehead atoms.